The van der Waals surface area contributed by atoms with Gasteiger partial charge in [-0.25, -0.2) is 0 Å². The lowest BCUT2D eigenvalue weighted by Gasteiger charge is -2.16. The molecule has 1 saturated carbocycles. The van der Waals surface area contributed by atoms with Gasteiger partial charge in [0.05, 0.1) is 5.69 Å². The van der Waals surface area contributed by atoms with Crippen LogP contribution in [0.25, 0.3) is 0 Å². The molecule has 1 aromatic heterocycles. The molecular weight excluding hydrogens is 186 g/mol. The number of aromatic nitrogens is 2. The van der Waals surface area contributed by atoms with Gasteiger partial charge in [0, 0.05) is 36.2 Å². The molecule has 0 aromatic carbocycles. The normalized spacial score (nSPS) is 26.7. The third-order valence-electron chi connectivity index (χ3n) is 3.87. The summed E-state index contributed by atoms with van der Waals surface area (Å²) in [5, 5.41) is 4.65. The first kappa shape index (κ1) is 9.40. The van der Waals surface area contributed by atoms with Gasteiger partial charge >= 0.3 is 0 Å². The molecule has 2 aliphatic rings. The maximum absolute atomic E-state index is 6.07. The van der Waals surface area contributed by atoms with Gasteiger partial charge in [0.2, 0.25) is 0 Å². The van der Waals surface area contributed by atoms with Crippen LogP contribution in [-0.4, -0.2) is 15.8 Å². The minimum Gasteiger partial charge on any atom is -0.327 e. The van der Waals surface area contributed by atoms with Gasteiger partial charge in [0.25, 0.3) is 0 Å². The van der Waals surface area contributed by atoms with Crippen LogP contribution < -0.4 is 5.73 Å². The zero-order chi connectivity index (χ0) is 10.6. The SMILES string of the molecule is CC(N)C1CCc2nn(C)c(C3CC3)c21. The van der Waals surface area contributed by atoms with Crippen LogP contribution in [0.5, 0.6) is 0 Å². The quantitative estimate of drug-likeness (QED) is 0.798. The second-order valence-electron chi connectivity index (χ2n) is 5.15. The van der Waals surface area contributed by atoms with Crippen molar-refractivity contribution in [1.82, 2.24) is 9.78 Å². The molecule has 3 nitrogen and oxygen atoms in total. The molecule has 1 fully saturated rings. The number of hydrogen-bond acceptors (Lipinski definition) is 2. The Morgan fingerprint density at radius 3 is 2.73 bits per heavy atom. The van der Waals surface area contributed by atoms with Crippen molar-refractivity contribution in [3.63, 3.8) is 0 Å². The van der Waals surface area contributed by atoms with Crippen molar-refractivity contribution in [2.45, 2.75) is 50.5 Å². The molecule has 0 radical (unpaired) electrons. The highest BCUT2D eigenvalue weighted by Gasteiger charge is 2.37. The monoisotopic (exact) mass is 205 g/mol. The third kappa shape index (κ3) is 1.33. The summed E-state index contributed by atoms with van der Waals surface area (Å²) in [5.74, 6) is 1.34. The van der Waals surface area contributed by atoms with E-state index in [1.807, 2.05) is 0 Å². The lowest BCUT2D eigenvalue weighted by atomic mass is 9.93. The van der Waals surface area contributed by atoms with Crippen LogP contribution in [0.15, 0.2) is 0 Å². The number of aryl methyl sites for hydroxylation is 2. The average Bonchev–Trinajstić information content (AvgIpc) is 2.81. The van der Waals surface area contributed by atoms with Gasteiger partial charge in [-0.1, -0.05) is 0 Å². The van der Waals surface area contributed by atoms with E-state index in [-0.39, 0.29) is 6.04 Å². The van der Waals surface area contributed by atoms with E-state index >= 15 is 0 Å². The van der Waals surface area contributed by atoms with Crippen LogP contribution in [0.1, 0.15) is 55.0 Å². The number of rotatable bonds is 2. The largest absolute Gasteiger partial charge is 0.327 e. The Morgan fingerprint density at radius 1 is 1.40 bits per heavy atom. The van der Waals surface area contributed by atoms with Crippen molar-refractivity contribution >= 4 is 0 Å². The molecule has 0 saturated heterocycles. The van der Waals surface area contributed by atoms with Crippen LogP contribution >= 0.6 is 0 Å². The highest BCUT2D eigenvalue weighted by molar-refractivity contribution is 5.39. The van der Waals surface area contributed by atoms with Crippen LogP contribution in [0.2, 0.25) is 0 Å². The summed E-state index contributed by atoms with van der Waals surface area (Å²) in [5.41, 5.74) is 10.4. The maximum atomic E-state index is 6.07. The molecule has 0 spiro atoms. The molecule has 3 rings (SSSR count). The number of hydrogen-bond donors (Lipinski definition) is 1. The Hall–Kier alpha value is -0.830. The van der Waals surface area contributed by atoms with Gasteiger partial charge in [-0.15, -0.1) is 0 Å². The van der Waals surface area contributed by atoms with Crippen molar-refractivity contribution < 1.29 is 0 Å². The van der Waals surface area contributed by atoms with E-state index in [0.29, 0.717) is 5.92 Å². The number of nitrogens with zero attached hydrogens (tertiary/aromatic N) is 2. The molecule has 0 aliphatic heterocycles. The minimum atomic E-state index is 0.271. The Labute approximate surface area is 90.7 Å². The van der Waals surface area contributed by atoms with E-state index in [1.54, 1.807) is 0 Å². The summed E-state index contributed by atoms with van der Waals surface area (Å²) >= 11 is 0. The second-order valence-corrected chi connectivity index (χ2v) is 5.15. The maximum Gasteiger partial charge on any atom is 0.0663 e. The van der Waals surface area contributed by atoms with Crippen LogP contribution in [-0.2, 0) is 13.5 Å². The van der Waals surface area contributed by atoms with Gasteiger partial charge < -0.3 is 5.73 Å². The van der Waals surface area contributed by atoms with Gasteiger partial charge in [-0.2, -0.15) is 5.10 Å². The lowest BCUT2D eigenvalue weighted by Crippen LogP contribution is -2.23. The molecule has 15 heavy (non-hydrogen) atoms. The van der Waals surface area contributed by atoms with Gasteiger partial charge in [-0.05, 0) is 32.6 Å². The third-order valence-corrected chi connectivity index (χ3v) is 3.87. The highest BCUT2D eigenvalue weighted by Crippen LogP contribution is 2.47. The topological polar surface area (TPSA) is 43.8 Å². The van der Waals surface area contributed by atoms with E-state index in [4.69, 9.17) is 5.73 Å². The van der Waals surface area contributed by atoms with Crippen LogP contribution in [0.4, 0.5) is 0 Å². The fraction of sp³-hybridized carbons (Fsp3) is 0.750. The predicted molar refractivity (Wildman–Crippen MR) is 59.9 cm³/mol. The summed E-state index contributed by atoms with van der Waals surface area (Å²) in [7, 11) is 2.09. The first-order valence-corrected chi connectivity index (χ1v) is 5.99. The molecule has 3 heteroatoms. The second kappa shape index (κ2) is 3.08. The van der Waals surface area contributed by atoms with Crippen molar-refractivity contribution in [1.29, 1.82) is 0 Å². The van der Waals surface area contributed by atoms with E-state index in [1.165, 1.54) is 36.2 Å². The Balaban J connectivity index is 2.08. The molecule has 2 aliphatic carbocycles. The molecule has 2 N–H and O–H groups in total. The van der Waals surface area contributed by atoms with Crippen molar-refractivity contribution in [3.05, 3.63) is 17.0 Å². The fourth-order valence-electron chi connectivity index (χ4n) is 3.00. The van der Waals surface area contributed by atoms with Gasteiger partial charge in [-0.3, -0.25) is 4.68 Å². The molecule has 1 heterocycles. The van der Waals surface area contributed by atoms with E-state index in [0.717, 1.165) is 12.3 Å². The first-order valence-electron chi connectivity index (χ1n) is 5.99. The Kier molecular flexibility index (Phi) is 1.93. The number of fused-ring (bicyclic) bond motifs is 1. The number of nitrogens with two attached hydrogens (primary N) is 1. The van der Waals surface area contributed by atoms with Gasteiger partial charge in [0.15, 0.2) is 0 Å². The first-order chi connectivity index (χ1) is 7.18. The smallest absolute Gasteiger partial charge is 0.0663 e. The van der Waals surface area contributed by atoms with Crippen LogP contribution in [0, 0.1) is 0 Å². The molecule has 2 atom stereocenters. The van der Waals surface area contributed by atoms with E-state index < -0.39 is 0 Å². The summed E-state index contributed by atoms with van der Waals surface area (Å²) in [4.78, 5) is 0. The Bertz CT molecular complexity index is 388. The molecule has 1 aromatic rings. The standard InChI is InChI=1S/C12H19N3/c1-7(13)9-5-6-10-11(9)12(8-3-4-8)15(2)14-10/h7-9H,3-6,13H2,1-2H3. The predicted octanol–water partition coefficient (Wildman–Crippen LogP) is 1.67. The molecule has 2 unspecified atom stereocenters. The van der Waals surface area contributed by atoms with Crippen molar-refractivity contribution in [3.8, 4) is 0 Å². The lowest BCUT2D eigenvalue weighted by molar-refractivity contribution is 0.548. The fourth-order valence-corrected chi connectivity index (χ4v) is 3.00. The van der Waals surface area contributed by atoms with Crippen molar-refractivity contribution in [2.24, 2.45) is 12.8 Å². The minimum absolute atomic E-state index is 0.271. The van der Waals surface area contributed by atoms with E-state index in [2.05, 4.69) is 23.8 Å². The summed E-state index contributed by atoms with van der Waals surface area (Å²) in [6.45, 7) is 2.13. The van der Waals surface area contributed by atoms with Crippen molar-refractivity contribution in [2.75, 3.05) is 0 Å². The highest BCUT2D eigenvalue weighted by atomic mass is 15.3. The zero-order valence-electron chi connectivity index (χ0n) is 9.53. The molecule has 0 bridgehead atoms. The van der Waals surface area contributed by atoms with Gasteiger partial charge in [0.1, 0.15) is 0 Å². The molecule has 82 valence electrons. The Morgan fingerprint density at radius 2 is 2.13 bits per heavy atom. The summed E-state index contributed by atoms with van der Waals surface area (Å²) < 4.78 is 2.11. The summed E-state index contributed by atoms with van der Waals surface area (Å²) in [6, 6.07) is 0.271. The molecular formula is C12H19N3. The zero-order valence-corrected chi connectivity index (χ0v) is 9.53. The van der Waals surface area contributed by atoms with Crippen LogP contribution in [0.3, 0.4) is 0 Å². The van der Waals surface area contributed by atoms with E-state index in [9.17, 15) is 0 Å². The average molecular weight is 205 g/mol. The molecule has 0 amide bonds. The summed E-state index contributed by atoms with van der Waals surface area (Å²) in [6.07, 6.45) is 5.02.